The molecular formula is C17H25NS. The van der Waals surface area contributed by atoms with Gasteiger partial charge < -0.3 is 5.32 Å². The van der Waals surface area contributed by atoms with Crippen LogP contribution < -0.4 is 5.32 Å². The molecule has 0 radical (unpaired) electrons. The zero-order valence-electron chi connectivity index (χ0n) is 12.5. The molecule has 2 unspecified atom stereocenters. The molecule has 0 spiro atoms. The van der Waals surface area contributed by atoms with Crippen molar-refractivity contribution in [3.63, 3.8) is 0 Å². The number of rotatable bonds is 2. The molecular weight excluding hydrogens is 250 g/mol. The molecule has 2 heteroatoms. The zero-order chi connectivity index (χ0) is 13.6. The molecule has 19 heavy (non-hydrogen) atoms. The molecule has 104 valence electrons. The largest absolute Gasteiger partial charge is 0.307 e. The summed E-state index contributed by atoms with van der Waals surface area (Å²) in [6.07, 6.45) is 4.00. The lowest BCUT2D eigenvalue weighted by Crippen LogP contribution is -2.29. The summed E-state index contributed by atoms with van der Waals surface area (Å²) in [6, 6.07) is 8.47. The Hall–Kier alpha value is -0.470. The molecule has 1 fully saturated rings. The molecule has 1 aliphatic heterocycles. The monoisotopic (exact) mass is 275 g/mol. The van der Waals surface area contributed by atoms with Gasteiger partial charge in [-0.1, -0.05) is 39.8 Å². The molecule has 0 aromatic heterocycles. The number of thioether (sulfide) groups is 1. The van der Waals surface area contributed by atoms with Crippen LogP contribution in [0, 0.1) is 0 Å². The van der Waals surface area contributed by atoms with Crippen molar-refractivity contribution in [2.24, 2.45) is 0 Å². The quantitative estimate of drug-likeness (QED) is 0.842. The lowest BCUT2D eigenvalue weighted by molar-refractivity contribution is 0.480. The van der Waals surface area contributed by atoms with Gasteiger partial charge in [0.2, 0.25) is 0 Å². The normalized spacial score (nSPS) is 27.2. The predicted molar refractivity (Wildman–Crippen MR) is 84.0 cm³/mol. The smallest absolute Gasteiger partial charge is 0.0344 e. The second-order valence-corrected chi connectivity index (χ2v) is 8.64. The molecule has 1 saturated carbocycles. The van der Waals surface area contributed by atoms with E-state index in [1.165, 1.54) is 29.7 Å². The Morgan fingerprint density at radius 1 is 1.21 bits per heavy atom. The van der Waals surface area contributed by atoms with E-state index in [1.807, 2.05) is 11.8 Å². The average molecular weight is 275 g/mol. The summed E-state index contributed by atoms with van der Waals surface area (Å²) in [5, 5.41) is 4.57. The highest BCUT2D eigenvalue weighted by molar-refractivity contribution is 8.00. The van der Waals surface area contributed by atoms with Gasteiger partial charge in [0.05, 0.1) is 0 Å². The van der Waals surface area contributed by atoms with Gasteiger partial charge in [0.15, 0.2) is 0 Å². The minimum atomic E-state index is 0.243. The van der Waals surface area contributed by atoms with E-state index in [-0.39, 0.29) is 5.41 Å². The van der Waals surface area contributed by atoms with Gasteiger partial charge in [-0.05, 0) is 41.9 Å². The maximum absolute atomic E-state index is 3.84. The van der Waals surface area contributed by atoms with Gasteiger partial charge in [-0.15, -0.1) is 11.8 Å². The first kappa shape index (κ1) is 13.5. The van der Waals surface area contributed by atoms with Crippen molar-refractivity contribution in [2.45, 2.75) is 74.6 Å². The van der Waals surface area contributed by atoms with Gasteiger partial charge in [-0.3, -0.25) is 0 Å². The lowest BCUT2D eigenvalue weighted by atomic mass is 9.85. The van der Waals surface area contributed by atoms with Crippen LogP contribution in [-0.4, -0.2) is 11.3 Å². The third kappa shape index (κ3) is 3.00. The Bertz CT molecular complexity index is 471. The molecule has 1 N–H and O–H groups in total. The van der Waals surface area contributed by atoms with E-state index < -0.39 is 0 Å². The van der Waals surface area contributed by atoms with Crippen LogP contribution in [0.3, 0.4) is 0 Å². The summed E-state index contributed by atoms with van der Waals surface area (Å²) in [6.45, 7) is 9.26. The molecule has 0 amide bonds. The Morgan fingerprint density at radius 3 is 2.58 bits per heavy atom. The third-order valence-electron chi connectivity index (χ3n) is 4.16. The fourth-order valence-corrected chi connectivity index (χ4v) is 4.02. The van der Waals surface area contributed by atoms with E-state index in [0.29, 0.717) is 6.04 Å². The summed E-state index contributed by atoms with van der Waals surface area (Å²) in [7, 11) is 0. The Labute approximate surface area is 121 Å². The molecule has 2 atom stereocenters. The third-order valence-corrected chi connectivity index (χ3v) is 5.38. The average Bonchev–Trinajstić information content (AvgIpc) is 3.11. The first-order chi connectivity index (χ1) is 8.93. The van der Waals surface area contributed by atoms with Gasteiger partial charge in [0.25, 0.3) is 0 Å². The van der Waals surface area contributed by atoms with E-state index in [4.69, 9.17) is 0 Å². The van der Waals surface area contributed by atoms with Crippen LogP contribution in [0.1, 0.15) is 64.1 Å². The second kappa shape index (κ2) is 4.82. The summed E-state index contributed by atoms with van der Waals surface area (Å²) in [4.78, 5) is 1.49. The topological polar surface area (TPSA) is 12.0 Å². The molecule has 0 bridgehead atoms. The first-order valence-electron chi connectivity index (χ1n) is 7.50. The number of hydrogen-bond acceptors (Lipinski definition) is 2. The molecule has 1 aliphatic carbocycles. The minimum absolute atomic E-state index is 0.243. The molecule has 1 aromatic carbocycles. The molecule has 2 aliphatic rings. The van der Waals surface area contributed by atoms with Crippen molar-refractivity contribution in [3.8, 4) is 0 Å². The van der Waals surface area contributed by atoms with Crippen molar-refractivity contribution >= 4 is 11.8 Å². The van der Waals surface area contributed by atoms with Crippen LogP contribution in [0.4, 0.5) is 0 Å². The predicted octanol–water partition coefficient (Wildman–Crippen LogP) is 4.66. The second-order valence-electron chi connectivity index (χ2n) is 7.16. The Kier molecular flexibility index (Phi) is 3.43. The summed E-state index contributed by atoms with van der Waals surface area (Å²) < 4.78 is 0. The number of benzene rings is 1. The van der Waals surface area contributed by atoms with Crippen LogP contribution in [0.15, 0.2) is 23.1 Å². The number of fused-ring (bicyclic) bond motifs is 1. The van der Waals surface area contributed by atoms with Crippen molar-refractivity contribution in [1.82, 2.24) is 5.32 Å². The minimum Gasteiger partial charge on any atom is -0.307 e. The van der Waals surface area contributed by atoms with Crippen molar-refractivity contribution < 1.29 is 0 Å². The Balaban J connectivity index is 1.94. The molecule has 1 heterocycles. The highest BCUT2D eigenvalue weighted by Crippen LogP contribution is 2.43. The van der Waals surface area contributed by atoms with E-state index in [0.717, 1.165) is 11.3 Å². The highest BCUT2D eigenvalue weighted by atomic mass is 32.2. The molecule has 0 saturated heterocycles. The van der Waals surface area contributed by atoms with Gasteiger partial charge in [-0.25, -0.2) is 0 Å². The maximum atomic E-state index is 3.84. The summed E-state index contributed by atoms with van der Waals surface area (Å²) in [5.74, 6) is 0. The van der Waals surface area contributed by atoms with Gasteiger partial charge in [0, 0.05) is 22.2 Å². The van der Waals surface area contributed by atoms with Crippen molar-refractivity contribution in [2.75, 3.05) is 0 Å². The summed E-state index contributed by atoms with van der Waals surface area (Å²) >= 11 is 2.04. The van der Waals surface area contributed by atoms with Gasteiger partial charge >= 0.3 is 0 Å². The SMILES string of the molecule is CC1CC(NC2CC2)c2cc(C(C)(C)C)ccc2S1. The molecule has 1 aromatic rings. The van der Waals surface area contributed by atoms with Crippen LogP contribution in [0.25, 0.3) is 0 Å². The Morgan fingerprint density at radius 2 is 1.95 bits per heavy atom. The fourth-order valence-electron chi connectivity index (χ4n) is 2.81. The van der Waals surface area contributed by atoms with E-state index in [9.17, 15) is 0 Å². The standard InChI is InChI=1S/C17H25NS/c1-11-9-15(18-13-6-7-13)14-10-12(17(2,3)4)5-8-16(14)19-11/h5,8,10-11,13,15,18H,6-7,9H2,1-4H3. The number of nitrogens with one attached hydrogen (secondary N) is 1. The zero-order valence-corrected chi connectivity index (χ0v) is 13.3. The van der Waals surface area contributed by atoms with E-state index >= 15 is 0 Å². The fraction of sp³-hybridized carbons (Fsp3) is 0.647. The lowest BCUT2D eigenvalue weighted by Gasteiger charge is -2.32. The first-order valence-corrected chi connectivity index (χ1v) is 8.38. The van der Waals surface area contributed by atoms with Gasteiger partial charge in [-0.2, -0.15) is 0 Å². The van der Waals surface area contributed by atoms with E-state index in [2.05, 4.69) is 51.2 Å². The van der Waals surface area contributed by atoms with Crippen molar-refractivity contribution in [1.29, 1.82) is 0 Å². The van der Waals surface area contributed by atoms with Gasteiger partial charge in [0.1, 0.15) is 0 Å². The highest BCUT2D eigenvalue weighted by Gasteiger charge is 2.31. The molecule has 1 nitrogen and oxygen atoms in total. The van der Waals surface area contributed by atoms with Crippen LogP contribution in [0.5, 0.6) is 0 Å². The van der Waals surface area contributed by atoms with Crippen LogP contribution in [0.2, 0.25) is 0 Å². The summed E-state index contributed by atoms with van der Waals surface area (Å²) in [5.41, 5.74) is 3.25. The van der Waals surface area contributed by atoms with Crippen LogP contribution >= 0.6 is 11.8 Å². The van der Waals surface area contributed by atoms with E-state index in [1.54, 1.807) is 5.56 Å². The number of hydrogen-bond donors (Lipinski definition) is 1. The maximum Gasteiger partial charge on any atom is 0.0344 e. The van der Waals surface area contributed by atoms with Crippen LogP contribution in [-0.2, 0) is 5.41 Å². The molecule has 3 rings (SSSR count). The van der Waals surface area contributed by atoms with Crippen molar-refractivity contribution in [3.05, 3.63) is 29.3 Å².